The van der Waals surface area contributed by atoms with Crippen molar-refractivity contribution in [1.29, 1.82) is 0 Å². The Bertz CT molecular complexity index is 151. The molecule has 1 atom stereocenters. The highest BCUT2D eigenvalue weighted by molar-refractivity contribution is 7.86. The maximum Gasteiger partial charge on any atom is 0.282 e. The van der Waals surface area contributed by atoms with Crippen LogP contribution in [0.4, 0.5) is 0 Å². The number of hydrogen-bond donors (Lipinski definition) is 3. The average molecular weight is 140 g/mol. The molecule has 0 rings (SSSR count). The van der Waals surface area contributed by atoms with Gasteiger partial charge in [0.05, 0.1) is 0 Å². The van der Waals surface area contributed by atoms with Gasteiger partial charge in [-0.1, -0.05) is 0 Å². The van der Waals surface area contributed by atoms with Crippen molar-refractivity contribution >= 4 is 10.1 Å². The summed E-state index contributed by atoms with van der Waals surface area (Å²) in [5, 5.41) is -1.09. The molecule has 0 aliphatic heterocycles. The Balaban J connectivity index is 4.04. The van der Waals surface area contributed by atoms with Crippen LogP contribution in [0.3, 0.4) is 0 Å². The number of nitrogens with two attached hydrogens (primary N) is 1. The summed E-state index contributed by atoms with van der Waals surface area (Å²) in [6.07, 6.45) is 0. The van der Waals surface area contributed by atoms with Crippen molar-refractivity contribution < 1.29 is 13.0 Å². The van der Waals surface area contributed by atoms with Crippen molar-refractivity contribution in [3.63, 3.8) is 0 Å². The second kappa shape index (κ2) is 2.40. The van der Waals surface area contributed by atoms with E-state index in [1.807, 2.05) is 5.43 Å². The Hall–Kier alpha value is -0.170. The van der Waals surface area contributed by atoms with Gasteiger partial charge < -0.3 is 0 Å². The van der Waals surface area contributed by atoms with E-state index in [-0.39, 0.29) is 0 Å². The lowest BCUT2D eigenvalue weighted by molar-refractivity contribution is 0.458. The quantitative estimate of drug-likeness (QED) is 0.251. The largest absolute Gasteiger partial charge is 0.284 e. The molecule has 0 aromatic heterocycles. The van der Waals surface area contributed by atoms with Crippen LogP contribution in [0, 0.1) is 0 Å². The molecule has 0 saturated carbocycles. The van der Waals surface area contributed by atoms with Crippen LogP contribution in [0.15, 0.2) is 0 Å². The average Bonchev–Trinajstić information content (AvgIpc) is 1.62. The zero-order valence-electron chi connectivity index (χ0n) is 4.33. The van der Waals surface area contributed by atoms with Crippen molar-refractivity contribution in [2.24, 2.45) is 5.84 Å². The molecule has 50 valence electrons. The maximum atomic E-state index is 9.98. The third-order valence-electron chi connectivity index (χ3n) is 0.681. The van der Waals surface area contributed by atoms with Crippen molar-refractivity contribution in [3.8, 4) is 0 Å². The van der Waals surface area contributed by atoms with Gasteiger partial charge in [-0.05, 0) is 6.92 Å². The molecule has 0 fully saturated rings. The highest BCUT2D eigenvalue weighted by Gasteiger charge is 2.13. The first-order chi connectivity index (χ1) is 3.48. The summed E-state index contributed by atoms with van der Waals surface area (Å²) in [6.45, 7) is 1.23. The second-order valence-corrected chi connectivity index (χ2v) is 3.06. The number of rotatable bonds is 2. The van der Waals surface area contributed by atoms with Crippen LogP contribution in [0.1, 0.15) is 6.92 Å². The molecule has 0 bridgehead atoms. The Labute approximate surface area is 47.6 Å². The topological polar surface area (TPSA) is 92.4 Å². The predicted octanol–water partition coefficient (Wildman–Crippen LogP) is -1.32. The third-order valence-corrected chi connectivity index (χ3v) is 1.71. The molecule has 1 unspecified atom stereocenters. The molecule has 0 aliphatic carbocycles. The lowest BCUT2D eigenvalue weighted by Gasteiger charge is -2.02. The van der Waals surface area contributed by atoms with E-state index in [4.69, 9.17) is 4.55 Å². The Morgan fingerprint density at radius 1 is 1.75 bits per heavy atom. The van der Waals surface area contributed by atoms with Gasteiger partial charge in [0.2, 0.25) is 0 Å². The Kier molecular flexibility index (Phi) is 2.35. The van der Waals surface area contributed by atoms with Gasteiger partial charge in [-0.2, -0.15) is 8.42 Å². The molecular formula is C2H8N2O3S. The minimum atomic E-state index is -3.99. The van der Waals surface area contributed by atoms with Crippen LogP contribution in [-0.2, 0) is 10.1 Å². The second-order valence-electron chi connectivity index (χ2n) is 1.32. The van der Waals surface area contributed by atoms with Crippen LogP contribution in [0.25, 0.3) is 0 Å². The monoisotopic (exact) mass is 140 g/mol. The smallest absolute Gasteiger partial charge is 0.282 e. The van der Waals surface area contributed by atoms with Gasteiger partial charge in [-0.3, -0.25) is 10.4 Å². The van der Waals surface area contributed by atoms with Gasteiger partial charge >= 0.3 is 0 Å². The zero-order valence-corrected chi connectivity index (χ0v) is 5.14. The zero-order chi connectivity index (χ0) is 6.78. The fourth-order valence-corrected chi connectivity index (χ4v) is 0.258. The van der Waals surface area contributed by atoms with E-state index in [2.05, 4.69) is 5.84 Å². The lowest BCUT2D eigenvalue weighted by Crippen LogP contribution is -2.38. The molecular weight excluding hydrogens is 132 g/mol. The fraction of sp³-hybridized carbons (Fsp3) is 1.00. The minimum Gasteiger partial charge on any atom is -0.284 e. The molecule has 0 radical (unpaired) electrons. The molecule has 6 heteroatoms. The first kappa shape index (κ1) is 7.83. The fourth-order valence-electron chi connectivity index (χ4n) is 0.0860. The summed E-state index contributed by atoms with van der Waals surface area (Å²) in [5.74, 6) is 4.67. The highest BCUT2D eigenvalue weighted by atomic mass is 32.2. The van der Waals surface area contributed by atoms with E-state index in [0.29, 0.717) is 0 Å². The Morgan fingerprint density at radius 2 is 2.12 bits per heavy atom. The van der Waals surface area contributed by atoms with Crippen molar-refractivity contribution in [2.45, 2.75) is 12.3 Å². The van der Waals surface area contributed by atoms with Gasteiger partial charge in [-0.25, -0.2) is 5.43 Å². The summed E-state index contributed by atoms with van der Waals surface area (Å²) in [7, 11) is -3.99. The van der Waals surface area contributed by atoms with Crippen molar-refractivity contribution in [1.82, 2.24) is 5.43 Å². The molecule has 4 N–H and O–H groups in total. The summed E-state index contributed by atoms with van der Waals surface area (Å²) >= 11 is 0. The van der Waals surface area contributed by atoms with Crippen molar-refractivity contribution in [2.75, 3.05) is 0 Å². The van der Waals surface area contributed by atoms with E-state index in [1.54, 1.807) is 0 Å². The first-order valence-corrected chi connectivity index (χ1v) is 3.41. The molecule has 8 heavy (non-hydrogen) atoms. The SMILES string of the molecule is CC(NN)S(=O)(=O)O. The standard InChI is InChI=1S/C2H8N2O3S/c1-2(4-3)8(5,6)7/h2,4H,3H2,1H3,(H,5,6,7). The summed E-state index contributed by atoms with van der Waals surface area (Å²) < 4.78 is 28.1. The van der Waals surface area contributed by atoms with E-state index in [1.165, 1.54) is 6.92 Å². The number of hydrazine groups is 1. The molecule has 0 amide bonds. The summed E-state index contributed by atoms with van der Waals surface area (Å²) in [6, 6.07) is 0. The van der Waals surface area contributed by atoms with Gasteiger partial charge in [0, 0.05) is 0 Å². The normalized spacial score (nSPS) is 15.9. The maximum absolute atomic E-state index is 9.98. The third kappa shape index (κ3) is 2.22. The van der Waals surface area contributed by atoms with Gasteiger partial charge in [0.1, 0.15) is 5.37 Å². The minimum absolute atomic E-state index is 1.09. The molecule has 0 aromatic carbocycles. The molecule has 0 saturated heterocycles. The number of hydrogen-bond acceptors (Lipinski definition) is 4. The van der Waals surface area contributed by atoms with E-state index in [0.717, 1.165) is 0 Å². The van der Waals surface area contributed by atoms with Crippen molar-refractivity contribution in [3.05, 3.63) is 0 Å². The van der Waals surface area contributed by atoms with Gasteiger partial charge in [-0.15, -0.1) is 0 Å². The Morgan fingerprint density at radius 3 is 2.12 bits per heavy atom. The van der Waals surface area contributed by atoms with E-state index >= 15 is 0 Å². The lowest BCUT2D eigenvalue weighted by atomic mass is 10.8. The predicted molar refractivity (Wildman–Crippen MR) is 28.3 cm³/mol. The van der Waals surface area contributed by atoms with Crippen LogP contribution in [0.2, 0.25) is 0 Å². The molecule has 0 aromatic rings. The molecule has 0 spiro atoms. The van der Waals surface area contributed by atoms with E-state index < -0.39 is 15.5 Å². The number of nitrogens with one attached hydrogen (secondary N) is 1. The summed E-state index contributed by atoms with van der Waals surface area (Å²) in [5.41, 5.74) is 1.87. The van der Waals surface area contributed by atoms with E-state index in [9.17, 15) is 8.42 Å². The molecule has 0 heterocycles. The summed E-state index contributed by atoms with van der Waals surface area (Å²) in [4.78, 5) is 0. The van der Waals surface area contributed by atoms with Gasteiger partial charge in [0.25, 0.3) is 10.1 Å². The van der Waals surface area contributed by atoms with Crippen LogP contribution in [0.5, 0.6) is 0 Å². The highest BCUT2D eigenvalue weighted by Crippen LogP contribution is 1.87. The first-order valence-electron chi connectivity index (χ1n) is 1.91. The van der Waals surface area contributed by atoms with Gasteiger partial charge in [0.15, 0.2) is 0 Å². The molecule has 5 nitrogen and oxygen atoms in total. The van der Waals surface area contributed by atoms with Crippen LogP contribution in [-0.4, -0.2) is 18.3 Å². The van der Waals surface area contributed by atoms with Crippen LogP contribution < -0.4 is 11.3 Å². The molecule has 0 aliphatic rings. The van der Waals surface area contributed by atoms with Crippen LogP contribution >= 0.6 is 0 Å².